The number of nitrogens with one attached hydrogen (secondary N) is 1. The normalized spacial score (nSPS) is 10.8. The van der Waals surface area contributed by atoms with E-state index in [0.717, 1.165) is 23.9 Å². The largest absolute Gasteiger partial charge is 0.361 e. The van der Waals surface area contributed by atoms with Gasteiger partial charge in [-0.15, -0.1) is 0 Å². The van der Waals surface area contributed by atoms with E-state index in [-0.39, 0.29) is 10.6 Å². The molecule has 2 rings (SSSR count). The van der Waals surface area contributed by atoms with Crippen LogP contribution in [0.5, 0.6) is 0 Å². The van der Waals surface area contributed by atoms with Gasteiger partial charge in [-0.1, -0.05) is 6.07 Å². The number of nitro benzene ring substituents is 1. The quantitative estimate of drug-likeness (QED) is 0.609. The zero-order chi connectivity index (χ0) is 11.5. The van der Waals surface area contributed by atoms with Crippen molar-refractivity contribution in [2.24, 2.45) is 5.73 Å². The van der Waals surface area contributed by atoms with E-state index >= 15 is 0 Å². The van der Waals surface area contributed by atoms with Gasteiger partial charge in [0.15, 0.2) is 0 Å². The summed E-state index contributed by atoms with van der Waals surface area (Å²) in [6.45, 7) is 0.591. The third-order valence-electron chi connectivity index (χ3n) is 2.61. The van der Waals surface area contributed by atoms with Crippen LogP contribution in [0.2, 0.25) is 0 Å². The Bertz CT molecular complexity index is 519. The highest BCUT2D eigenvalue weighted by Crippen LogP contribution is 2.28. The lowest BCUT2D eigenvalue weighted by molar-refractivity contribution is -0.383. The maximum Gasteiger partial charge on any atom is 0.279 e. The topological polar surface area (TPSA) is 85.0 Å². The molecule has 0 atom stereocenters. The Labute approximate surface area is 92.4 Å². The molecule has 2 aromatic rings. The Morgan fingerprint density at radius 2 is 2.25 bits per heavy atom. The second-order valence-electron chi connectivity index (χ2n) is 3.66. The van der Waals surface area contributed by atoms with E-state index in [1.807, 2.05) is 12.3 Å². The molecule has 3 N–H and O–H groups in total. The maximum atomic E-state index is 10.9. The Balaban J connectivity index is 2.54. The smallest absolute Gasteiger partial charge is 0.279 e. The van der Waals surface area contributed by atoms with Crippen molar-refractivity contribution < 1.29 is 4.92 Å². The van der Waals surface area contributed by atoms with Gasteiger partial charge in [0.25, 0.3) is 5.69 Å². The number of nitro groups is 1. The minimum Gasteiger partial charge on any atom is -0.361 e. The molecule has 16 heavy (non-hydrogen) atoms. The second-order valence-corrected chi connectivity index (χ2v) is 3.66. The van der Waals surface area contributed by atoms with Gasteiger partial charge in [0.1, 0.15) is 0 Å². The van der Waals surface area contributed by atoms with Gasteiger partial charge in [0.2, 0.25) is 0 Å². The van der Waals surface area contributed by atoms with E-state index < -0.39 is 0 Å². The van der Waals surface area contributed by atoms with Crippen LogP contribution in [0.1, 0.15) is 12.0 Å². The molecule has 0 radical (unpaired) electrons. The van der Waals surface area contributed by atoms with Crippen LogP contribution < -0.4 is 5.73 Å². The third-order valence-corrected chi connectivity index (χ3v) is 2.61. The lowest BCUT2D eigenvalue weighted by atomic mass is 10.1. The van der Waals surface area contributed by atoms with Crippen molar-refractivity contribution >= 4 is 16.6 Å². The molecule has 1 aromatic heterocycles. The first-order valence-electron chi connectivity index (χ1n) is 5.17. The lowest BCUT2D eigenvalue weighted by Crippen LogP contribution is -2.00. The molecule has 0 saturated carbocycles. The van der Waals surface area contributed by atoms with Crippen molar-refractivity contribution in [3.63, 3.8) is 0 Å². The molecular weight excluding hydrogens is 206 g/mol. The van der Waals surface area contributed by atoms with Gasteiger partial charge < -0.3 is 10.7 Å². The predicted octanol–water partition coefficient (Wildman–Crippen LogP) is 1.97. The van der Waals surface area contributed by atoms with Crippen LogP contribution in [0, 0.1) is 10.1 Å². The van der Waals surface area contributed by atoms with E-state index in [1.165, 1.54) is 6.07 Å². The van der Waals surface area contributed by atoms with Gasteiger partial charge in [-0.25, -0.2) is 0 Å². The number of hydrogen-bond donors (Lipinski definition) is 2. The van der Waals surface area contributed by atoms with E-state index in [2.05, 4.69) is 4.98 Å². The number of aromatic amines is 1. The first kappa shape index (κ1) is 10.6. The minimum absolute atomic E-state index is 0.158. The molecule has 1 heterocycles. The molecule has 84 valence electrons. The van der Waals surface area contributed by atoms with Crippen molar-refractivity contribution in [1.29, 1.82) is 0 Å². The number of H-pyrrole nitrogens is 1. The van der Waals surface area contributed by atoms with E-state index in [9.17, 15) is 10.1 Å². The second kappa shape index (κ2) is 4.32. The van der Waals surface area contributed by atoms with Crippen molar-refractivity contribution in [2.75, 3.05) is 6.54 Å². The number of aromatic nitrogens is 1. The molecule has 0 aliphatic rings. The molecule has 0 amide bonds. The Morgan fingerprint density at radius 3 is 2.94 bits per heavy atom. The Morgan fingerprint density at radius 1 is 1.44 bits per heavy atom. The first-order chi connectivity index (χ1) is 7.74. The SMILES string of the molecule is NCCCc1c[nH]c2cccc([N+](=O)[O-])c12. The maximum absolute atomic E-state index is 10.9. The number of hydrogen-bond acceptors (Lipinski definition) is 3. The van der Waals surface area contributed by atoms with Gasteiger partial charge in [-0.3, -0.25) is 10.1 Å². The molecule has 0 unspecified atom stereocenters. The fraction of sp³-hybridized carbons (Fsp3) is 0.273. The summed E-state index contributed by atoms with van der Waals surface area (Å²) in [5, 5.41) is 11.6. The summed E-state index contributed by atoms with van der Waals surface area (Å²) >= 11 is 0. The first-order valence-corrected chi connectivity index (χ1v) is 5.17. The predicted molar refractivity (Wildman–Crippen MR) is 62.3 cm³/mol. The summed E-state index contributed by atoms with van der Waals surface area (Å²) in [6.07, 6.45) is 3.42. The monoisotopic (exact) mass is 219 g/mol. The summed E-state index contributed by atoms with van der Waals surface area (Å²) in [4.78, 5) is 13.6. The summed E-state index contributed by atoms with van der Waals surface area (Å²) in [5.41, 5.74) is 7.37. The number of nitrogens with zero attached hydrogens (tertiary/aromatic N) is 1. The number of non-ortho nitro benzene ring substituents is 1. The molecule has 0 fully saturated rings. The average molecular weight is 219 g/mol. The molecule has 0 aliphatic heterocycles. The van der Waals surface area contributed by atoms with Gasteiger partial charge >= 0.3 is 0 Å². The number of aryl methyl sites for hydroxylation is 1. The van der Waals surface area contributed by atoms with Crippen molar-refractivity contribution in [2.45, 2.75) is 12.8 Å². The van der Waals surface area contributed by atoms with Crippen molar-refractivity contribution in [3.05, 3.63) is 40.1 Å². The molecule has 0 bridgehead atoms. The molecule has 0 aliphatic carbocycles. The Hall–Kier alpha value is -1.88. The number of benzene rings is 1. The zero-order valence-corrected chi connectivity index (χ0v) is 8.77. The fourth-order valence-electron chi connectivity index (χ4n) is 1.88. The highest BCUT2D eigenvalue weighted by Gasteiger charge is 2.15. The zero-order valence-electron chi connectivity index (χ0n) is 8.77. The van der Waals surface area contributed by atoms with E-state index in [4.69, 9.17) is 5.73 Å². The molecule has 0 spiro atoms. The fourth-order valence-corrected chi connectivity index (χ4v) is 1.88. The van der Waals surface area contributed by atoms with E-state index in [0.29, 0.717) is 11.9 Å². The van der Waals surface area contributed by atoms with Gasteiger partial charge in [0.05, 0.1) is 15.8 Å². The van der Waals surface area contributed by atoms with Crippen LogP contribution in [-0.2, 0) is 6.42 Å². The van der Waals surface area contributed by atoms with Gasteiger partial charge in [-0.05, 0) is 31.0 Å². The van der Waals surface area contributed by atoms with Gasteiger partial charge in [-0.2, -0.15) is 0 Å². The average Bonchev–Trinajstić information content (AvgIpc) is 2.69. The van der Waals surface area contributed by atoms with Crippen LogP contribution >= 0.6 is 0 Å². The van der Waals surface area contributed by atoms with Crippen LogP contribution in [-0.4, -0.2) is 16.5 Å². The van der Waals surface area contributed by atoms with Crippen molar-refractivity contribution in [1.82, 2.24) is 4.98 Å². The highest BCUT2D eigenvalue weighted by molar-refractivity contribution is 5.91. The molecule has 1 aromatic carbocycles. The van der Waals surface area contributed by atoms with Crippen LogP contribution in [0.25, 0.3) is 10.9 Å². The molecule has 5 nitrogen and oxygen atoms in total. The minimum atomic E-state index is -0.345. The van der Waals surface area contributed by atoms with Crippen LogP contribution in [0.15, 0.2) is 24.4 Å². The number of rotatable bonds is 4. The highest BCUT2D eigenvalue weighted by atomic mass is 16.6. The standard InChI is InChI=1S/C11H13N3O2/c12-6-2-3-8-7-13-9-4-1-5-10(11(8)9)14(15)16/h1,4-5,7,13H,2-3,6,12H2. The molecular formula is C11H13N3O2. The van der Waals surface area contributed by atoms with Crippen LogP contribution in [0.3, 0.4) is 0 Å². The Kier molecular flexibility index (Phi) is 2.87. The lowest BCUT2D eigenvalue weighted by Gasteiger charge is -1.98. The summed E-state index contributed by atoms with van der Waals surface area (Å²) in [6, 6.07) is 5.06. The number of fused-ring (bicyclic) bond motifs is 1. The van der Waals surface area contributed by atoms with E-state index in [1.54, 1.807) is 6.07 Å². The van der Waals surface area contributed by atoms with Gasteiger partial charge in [0, 0.05) is 12.3 Å². The van der Waals surface area contributed by atoms with Crippen molar-refractivity contribution in [3.8, 4) is 0 Å². The molecule has 5 heteroatoms. The number of nitrogens with two attached hydrogens (primary N) is 1. The third kappa shape index (κ3) is 1.77. The summed E-state index contributed by atoms with van der Waals surface area (Å²) in [7, 11) is 0. The summed E-state index contributed by atoms with van der Waals surface area (Å²) < 4.78 is 0. The van der Waals surface area contributed by atoms with Crippen LogP contribution in [0.4, 0.5) is 5.69 Å². The molecule has 0 saturated heterocycles. The summed E-state index contributed by atoms with van der Waals surface area (Å²) in [5.74, 6) is 0.